The molecule has 2 atom stereocenters. The summed E-state index contributed by atoms with van der Waals surface area (Å²) in [4.78, 5) is 21.8. The van der Waals surface area contributed by atoms with Crippen molar-refractivity contribution >= 4 is 28.9 Å². The Kier molecular flexibility index (Phi) is 11.6. The van der Waals surface area contributed by atoms with E-state index in [1.54, 1.807) is 20.8 Å². The second kappa shape index (κ2) is 10.9. The van der Waals surface area contributed by atoms with Gasteiger partial charge in [-0.15, -0.1) is 0 Å². The number of carbonyl (C=O) groups excluding carboxylic acids is 2. The minimum Gasteiger partial charge on any atom is -0.464 e. The second-order valence-electron chi connectivity index (χ2n) is 9.99. The van der Waals surface area contributed by atoms with Crippen LogP contribution in [0.25, 0.3) is 0 Å². The summed E-state index contributed by atoms with van der Waals surface area (Å²) in [7, 11) is -3.58. The summed E-state index contributed by atoms with van der Waals surface area (Å²) in [5.41, 5.74) is 0. The van der Waals surface area contributed by atoms with Crippen LogP contribution in [0.4, 0.5) is 0 Å². The van der Waals surface area contributed by atoms with Crippen molar-refractivity contribution in [3.63, 3.8) is 0 Å². The molecule has 0 amide bonds. The number of aldehydes is 1. The number of rotatable bonds is 7. The smallest absolute Gasteiger partial charge is 0.333 e. The van der Waals surface area contributed by atoms with Crippen molar-refractivity contribution in [3.8, 4) is 0 Å². The molecular formula is C20H44O5Si2. The van der Waals surface area contributed by atoms with Crippen molar-refractivity contribution in [2.24, 2.45) is 0 Å². The Morgan fingerprint density at radius 1 is 0.889 bits per heavy atom. The summed E-state index contributed by atoms with van der Waals surface area (Å²) in [5, 5.41) is 0.304. The molecule has 0 unspecified atom stereocenters. The molecule has 0 radical (unpaired) electrons. The van der Waals surface area contributed by atoms with E-state index in [0.29, 0.717) is 6.61 Å². The lowest BCUT2D eigenvalue weighted by molar-refractivity contribution is -0.151. The van der Waals surface area contributed by atoms with E-state index in [1.165, 1.54) is 0 Å². The van der Waals surface area contributed by atoms with Gasteiger partial charge in [-0.1, -0.05) is 41.5 Å². The Balaban J connectivity index is 0. The van der Waals surface area contributed by atoms with Gasteiger partial charge in [-0.25, -0.2) is 4.79 Å². The van der Waals surface area contributed by atoms with Gasteiger partial charge in [0.05, 0.1) is 12.7 Å². The molecular weight excluding hydrogens is 376 g/mol. The van der Waals surface area contributed by atoms with Crippen molar-refractivity contribution in [2.75, 3.05) is 6.61 Å². The molecule has 0 bridgehead atoms. The molecule has 27 heavy (non-hydrogen) atoms. The molecule has 0 aliphatic heterocycles. The average Bonchev–Trinajstić information content (AvgIpc) is 2.44. The third-order valence-corrected chi connectivity index (χ3v) is 14.5. The molecule has 0 aliphatic rings. The van der Waals surface area contributed by atoms with Gasteiger partial charge in [0.2, 0.25) is 0 Å². The minimum atomic E-state index is -1.86. The topological polar surface area (TPSA) is 61.8 Å². The monoisotopic (exact) mass is 420 g/mol. The first kappa shape index (κ1) is 28.7. The van der Waals surface area contributed by atoms with Crippen LogP contribution >= 0.6 is 0 Å². The maximum absolute atomic E-state index is 11.4. The standard InChI is InChI=1S/C11H24O3Si.C9H20O2Si/c1-8-13-10(12)9(2)14-15(6,7)11(3,4)5;1-8(7-10)11-12(5,6)9(2,3)4/h9H,8H2,1-7H3;7-8H,1-6H3/t9-;8-/m00/s1. The average molecular weight is 421 g/mol. The molecule has 5 nitrogen and oxygen atoms in total. The van der Waals surface area contributed by atoms with Gasteiger partial charge in [0.25, 0.3) is 0 Å². The SMILES string of the molecule is CCOC(=O)[C@H](C)O[Si](C)(C)C(C)(C)C.C[C@@H](C=O)O[Si](C)(C)C(C)(C)C. The van der Waals surface area contributed by atoms with Gasteiger partial charge in [-0.05, 0) is 57.0 Å². The van der Waals surface area contributed by atoms with E-state index in [-0.39, 0.29) is 22.1 Å². The van der Waals surface area contributed by atoms with Gasteiger partial charge >= 0.3 is 5.97 Å². The lowest BCUT2D eigenvalue weighted by atomic mass is 10.2. The van der Waals surface area contributed by atoms with Gasteiger partial charge in [0.1, 0.15) is 12.4 Å². The first-order valence-electron chi connectivity index (χ1n) is 9.80. The zero-order valence-electron chi connectivity index (χ0n) is 20.0. The summed E-state index contributed by atoms with van der Waals surface area (Å²) in [6, 6.07) is 0. The van der Waals surface area contributed by atoms with Crippen molar-refractivity contribution in [1.82, 2.24) is 0 Å². The Hall–Kier alpha value is -0.506. The largest absolute Gasteiger partial charge is 0.464 e. The van der Waals surface area contributed by atoms with E-state index in [9.17, 15) is 9.59 Å². The summed E-state index contributed by atoms with van der Waals surface area (Å²) in [6.45, 7) is 27.3. The zero-order chi connectivity index (χ0) is 22.3. The number of ether oxygens (including phenoxy) is 1. The van der Waals surface area contributed by atoms with Crippen LogP contribution in [-0.2, 0) is 23.2 Å². The van der Waals surface area contributed by atoms with E-state index in [4.69, 9.17) is 13.6 Å². The highest BCUT2D eigenvalue weighted by Crippen LogP contribution is 2.38. The van der Waals surface area contributed by atoms with Crippen LogP contribution < -0.4 is 0 Å². The fourth-order valence-corrected chi connectivity index (χ4v) is 4.27. The minimum absolute atomic E-state index is 0.119. The van der Waals surface area contributed by atoms with E-state index in [2.05, 4.69) is 67.7 Å². The van der Waals surface area contributed by atoms with Crippen molar-refractivity contribution in [2.45, 2.75) is 111 Å². The predicted molar refractivity (Wildman–Crippen MR) is 118 cm³/mol. The second-order valence-corrected chi connectivity index (χ2v) is 19.5. The molecule has 0 aromatic carbocycles. The number of hydrogen-bond acceptors (Lipinski definition) is 5. The Labute approximate surface area is 169 Å². The molecule has 0 saturated carbocycles. The van der Waals surface area contributed by atoms with Crippen LogP contribution in [0.2, 0.25) is 36.3 Å². The van der Waals surface area contributed by atoms with E-state index in [1.807, 2.05) is 0 Å². The lowest BCUT2D eigenvalue weighted by Crippen LogP contribution is -2.45. The number of carbonyl (C=O) groups is 2. The van der Waals surface area contributed by atoms with Gasteiger partial charge in [0.15, 0.2) is 16.6 Å². The maximum Gasteiger partial charge on any atom is 0.333 e. The molecule has 0 aromatic rings. The summed E-state index contributed by atoms with van der Waals surface area (Å²) >= 11 is 0. The van der Waals surface area contributed by atoms with Gasteiger partial charge in [-0.2, -0.15) is 0 Å². The van der Waals surface area contributed by atoms with Crippen LogP contribution in [0.3, 0.4) is 0 Å². The van der Waals surface area contributed by atoms with E-state index >= 15 is 0 Å². The van der Waals surface area contributed by atoms with Crippen LogP contribution in [0.1, 0.15) is 62.3 Å². The van der Waals surface area contributed by atoms with Crippen molar-refractivity contribution in [1.29, 1.82) is 0 Å². The molecule has 7 heteroatoms. The highest BCUT2D eigenvalue weighted by atomic mass is 28.4. The molecule has 0 heterocycles. The highest BCUT2D eigenvalue weighted by molar-refractivity contribution is 6.74. The molecule has 0 rings (SSSR count). The summed E-state index contributed by atoms with van der Waals surface area (Å²) in [5.74, 6) is -0.262. The Morgan fingerprint density at radius 2 is 1.26 bits per heavy atom. The highest BCUT2D eigenvalue weighted by Gasteiger charge is 2.40. The predicted octanol–water partition coefficient (Wildman–Crippen LogP) is 5.56. The molecule has 162 valence electrons. The molecule has 0 N–H and O–H groups in total. The van der Waals surface area contributed by atoms with Crippen molar-refractivity contribution in [3.05, 3.63) is 0 Å². The van der Waals surface area contributed by atoms with Crippen LogP contribution in [-0.4, -0.2) is 47.7 Å². The zero-order valence-corrected chi connectivity index (χ0v) is 22.0. The van der Waals surface area contributed by atoms with Gasteiger partial charge < -0.3 is 18.4 Å². The van der Waals surface area contributed by atoms with Gasteiger partial charge in [0, 0.05) is 0 Å². The molecule has 0 aliphatic carbocycles. The third kappa shape index (κ3) is 10.6. The summed E-state index contributed by atoms with van der Waals surface area (Å²) in [6.07, 6.45) is 0.150. The fraction of sp³-hybridized carbons (Fsp3) is 0.900. The molecule has 0 saturated heterocycles. The van der Waals surface area contributed by atoms with Crippen LogP contribution in [0.5, 0.6) is 0 Å². The third-order valence-electron chi connectivity index (χ3n) is 5.37. The maximum atomic E-state index is 11.4. The number of esters is 1. The van der Waals surface area contributed by atoms with Gasteiger partial charge in [-0.3, -0.25) is 0 Å². The Morgan fingerprint density at radius 3 is 1.56 bits per heavy atom. The first-order chi connectivity index (χ1) is 11.8. The molecule has 0 spiro atoms. The number of hydrogen-bond donors (Lipinski definition) is 0. The normalized spacial score (nSPS) is 15.3. The van der Waals surface area contributed by atoms with Crippen LogP contribution in [0, 0.1) is 0 Å². The fourth-order valence-electron chi connectivity index (χ4n) is 1.60. The van der Waals surface area contributed by atoms with Crippen LogP contribution in [0.15, 0.2) is 0 Å². The van der Waals surface area contributed by atoms with Crippen molar-refractivity contribution < 1.29 is 23.2 Å². The van der Waals surface area contributed by atoms with E-state index in [0.717, 1.165) is 6.29 Å². The molecule has 0 aromatic heterocycles. The lowest BCUT2D eigenvalue weighted by Gasteiger charge is -2.37. The Bertz CT molecular complexity index is 462. The quantitative estimate of drug-likeness (QED) is 0.307. The summed E-state index contributed by atoms with van der Waals surface area (Å²) < 4.78 is 16.5. The van der Waals surface area contributed by atoms with E-state index < -0.39 is 22.7 Å². The first-order valence-corrected chi connectivity index (χ1v) is 15.6. The molecule has 0 fully saturated rings.